The molecule has 1 atom stereocenters. The summed E-state index contributed by atoms with van der Waals surface area (Å²) in [5.74, 6) is 0.609. The van der Waals surface area contributed by atoms with E-state index in [0.29, 0.717) is 12.5 Å². The van der Waals surface area contributed by atoms with Crippen LogP contribution in [0.5, 0.6) is 0 Å². The van der Waals surface area contributed by atoms with Crippen molar-refractivity contribution in [3.63, 3.8) is 0 Å². The van der Waals surface area contributed by atoms with E-state index in [9.17, 15) is 4.79 Å². The van der Waals surface area contributed by atoms with Crippen LogP contribution in [0, 0.1) is 5.92 Å². The van der Waals surface area contributed by atoms with Crippen LogP contribution < -0.4 is 5.32 Å². The van der Waals surface area contributed by atoms with Crippen LogP contribution >= 0.6 is 0 Å². The van der Waals surface area contributed by atoms with Gasteiger partial charge in [0.1, 0.15) is 6.61 Å². The third-order valence-corrected chi connectivity index (χ3v) is 3.92. The van der Waals surface area contributed by atoms with Gasteiger partial charge < -0.3 is 10.1 Å². The van der Waals surface area contributed by atoms with Crippen molar-refractivity contribution < 1.29 is 9.53 Å². The molecule has 2 rings (SSSR count). The van der Waals surface area contributed by atoms with Crippen molar-refractivity contribution in [3.8, 4) is 0 Å². The number of hydrogen-bond acceptors (Lipinski definition) is 2. The van der Waals surface area contributed by atoms with Crippen LogP contribution in [0.4, 0.5) is 4.79 Å². The third-order valence-electron chi connectivity index (χ3n) is 3.92. The van der Waals surface area contributed by atoms with Gasteiger partial charge in [0.2, 0.25) is 0 Å². The second-order valence-corrected chi connectivity index (χ2v) is 5.39. The first-order valence-electron chi connectivity index (χ1n) is 7.23. The lowest BCUT2D eigenvalue weighted by molar-refractivity contribution is 0.130. The van der Waals surface area contributed by atoms with Crippen molar-refractivity contribution >= 4 is 6.09 Å². The van der Waals surface area contributed by atoms with E-state index in [-0.39, 0.29) is 12.1 Å². The van der Waals surface area contributed by atoms with Crippen LogP contribution in [0.15, 0.2) is 30.3 Å². The summed E-state index contributed by atoms with van der Waals surface area (Å²) in [6.07, 6.45) is 6.05. The number of benzene rings is 1. The predicted octanol–water partition coefficient (Wildman–Crippen LogP) is 3.88. The maximum atomic E-state index is 11.7. The second kappa shape index (κ2) is 7.17. The molecule has 19 heavy (non-hydrogen) atoms. The quantitative estimate of drug-likeness (QED) is 0.893. The highest BCUT2D eigenvalue weighted by atomic mass is 16.5. The van der Waals surface area contributed by atoms with Crippen molar-refractivity contribution in [2.45, 2.75) is 51.7 Å². The molecule has 1 amide bonds. The number of amides is 1. The molecule has 104 valence electrons. The minimum absolute atomic E-state index is 0.212. The zero-order chi connectivity index (χ0) is 13.5. The fourth-order valence-corrected chi connectivity index (χ4v) is 2.70. The Kier molecular flexibility index (Phi) is 5.25. The molecule has 0 spiro atoms. The molecule has 0 saturated heterocycles. The number of ether oxygens (including phenoxy) is 1. The Hall–Kier alpha value is -1.51. The van der Waals surface area contributed by atoms with Crippen molar-refractivity contribution in [1.29, 1.82) is 0 Å². The lowest BCUT2D eigenvalue weighted by Gasteiger charge is -2.27. The number of hydrogen-bond donors (Lipinski definition) is 1. The molecular weight excluding hydrogens is 238 g/mol. The lowest BCUT2D eigenvalue weighted by Crippen LogP contribution is -2.39. The lowest BCUT2D eigenvalue weighted by atomic mass is 9.85. The first-order valence-corrected chi connectivity index (χ1v) is 7.23. The summed E-state index contributed by atoms with van der Waals surface area (Å²) in [7, 11) is 0. The third kappa shape index (κ3) is 4.58. The predicted molar refractivity (Wildman–Crippen MR) is 75.8 cm³/mol. The summed E-state index contributed by atoms with van der Waals surface area (Å²) in [6, 6.07) is 9.97. The molecule has 0 unspecified atom stereocenters. The summed E-state index contributed by atoms with van der Waals surface area (Å²) in [5, 5.41) is 2.96. The van der Waals surface area contributed by atoms with Crippen molar-refractivity contribution in [1.82, 2.24) is 5.32 Å². The van der Waals surface area contributed by atoms with Crippen LogP contribution in [0.3, 0.4) is 0 Å². The van der Waals surface area contributed by atoms with Crippen molar-refractivity contribution in [2.24, 2.45) is 5.92 Å². The van der Waals surface area contributed by atoms with E-state index in [1.54, 1.807) is 0 Å². The highest BCUT2D eigenvalue weighted by molar-refractivity contribution is 5.67. The van der Waals surface area contributed by atoms with Gasteiger partial charge in [0.15, 0.2) is 0 Å². The average molecular weight is 261 g/mol. The molecular formula is C16H23NO2. The molecule has 0 radical (unpaired) electrons. The normalized spacial score (nSPS) is 17.7. The van der Waals surface area contributed by atoms with Gasteiger partial charge in [-0.05, 0) is 31.2 Å². The van der Waals surface area contributed by atoms with Gasteiger partial charge in [-0.2, -0.15) is 0 Å². The maximum absolute atomic E-state index is 11.7. The van der Waals surface area contributed by atoms with Crippen molar-refractivity contribution in [2.75, 3.05) is 0 Å². The second-order valence-electron chi connectivity index (χ2n) is 5.39. The van der Waals surface area contributed by atoms with Gasteiger partial charge >= 0.3 is 6.09 Å². The van der Waals surface area contributed by atoms with E-state index >= 15 is 0 Å². The number of rotatable bonds is 4. The van der Waals surface area contributed by atoms with E-state index in [4.69, 9.17) is 4.74 Å². The molecule has 0 aromatic heterocycles. The zero-order valence-corrected chi connectivity index (χ0v) is 11.6. The van der Waals surface area contributed by atoms with E-state index in [0.717, 1.165) is 5.56 Å². The summed E-state index contributed by atoms with van der Waals surface area (Å²) < 4.78 is 5.24. The number of carbonyl (C=O) groups is 1. The molecule has 0 aliphatic heterocycles. The minimum Gasteiger partial charge on any atom is -0.445 e. The summed E-state index contributed by atoms with van der Waals surface area (Å²) >= 11 is 0. The molecule has 0 heterocycles. The molecule has 1 aliphatic carbocycles. The van der Waals surface area contributed by atoms with Gasteiger partial charge in [-0.25, -0.2) is 4.79 Å². The molecule has 1 aromatic carbocycles. The molecule has 0 bridgehead atoms. The van der Waals surface area contributed by atoms with Gasteiger partial charge in [-0.1, -0.05) is 49.6 Å². The largest absolute Gasteiger partial charge is 0.445 e. The Morgan fingerprint density at radius 2 is 1.95 bits per heavy atom. The maximum Gasteiger partial charge on any atom is 0.407 e. The molecule has 1 aromatic rings. The van der Waals surface area contributed by atoms with Gasteiger partial charge in [-0.3, -0.25) is 0 Å². The van der Waals surface area contributed by atoms with E-state index in [2.05, 4.69) is 12.2 Å². The highest BCUT2D eigenvalue weighted by Crippen LogP contribution is 2.26. The first-order chi connectivity index (χ1) is 9.25. The molecule has 3 heteroatoms. The number of alkyl carbamates (subject to hydrolysis) is 1. The topological polar surface area (TPSA) is 38.3 Å². The molecule has 1 fully saturated rings. The molecule has 1 saturated carbocycles. The Balaban J connectivity index is 1.71. The molecule has 1 aliphatic rings. The fraction of sp³-hybridized carbons (Fsp3) is 0.562. The summed E-state index contributed by atoms with van der Waals surface area (Å²) in [5.41, 5.74) is 1.02. The highest BCUT2D eigenvalue weighted by Gasteiger charge is 2.21. The van der Waals surface area contributed by atoms with Crippen LogP contribution in [-0.4, -0.2) is 12.1 Å². The van der Waals surface area contributed by atoms with Crippen LogP contribution in [-0.2, 0) is 11.3 Å². The zero-order valence-electron chi connectivity index (χ0n) is 11.6. The van der Waals surface area contributed by atoms with Crippen molar-refractivity contribution in [3.05, 3.63) is 35.9 Å². The van der Waals surface area contributed by atoms with E-state index < -0.39 is 0 Å². The number of nitrogens with one attached hydrogen (secondary N) is 1. The number of carbonyl (C=O) groups excluding carboxylic acids is 1. The van der Waals surface area contributed by atoms with Crippen LogP contribution in [0.2, 0.25) is 0 Å². The van der Waals surface area contributed by atoms with E-state index in [1.807, 2.05) is 30.3 Å². The SMILES string of the molecule is C[C@H](NC(=O)OCc1ccccc1)C1CCCCC1. The fourth-order valence-electron chi connectivity index (χ4n) is 2.70. The Morgan fingerprint density at radius 1 is 1.26 bits per heavy atom. The summed E-state index contributed by atoms with van der Waals surface area (Å²) in [6.45, 7) is 2.42. The first kappa shape index (κ1) is 13.9. The minimum atomic E-state index is -0.304. The van der Waals surface area contributed by atoms with Crippen LogP contribution in [0.1, 0.15) is 44.6 Å². The Morgan fingerprint density at radius 3 is 2.63 bits per heavy atom. The monoisotopic (exact) mass is 261 g/mol. The Bertz CT molecular complexity index is 385. The summed E-state index contributed by atoms with van der Waals surface area (Å²) in [4.78, 5) is 11.7. The van der Waals surface area contributed by atoms with Gasteiger partial charge in [0.05, 0.1) is 0 Å². The van der Waals surface area contributed by atoms with Gasteiger partial charge in [0, 0.05) is 6.04 Å². The Labute approximate surface area is 115 Å². The van der Waals surface area contributed by atoms with Gasteiger partial charge in [0.25, 0.3) is 0 Å². The average Bonchev–Trinajstić information content (AvgIpc) is 2.47. The van der Waals surface area contributed by atoms with Crippen LogP contribution in [0.25, 0.3) is 0 Å². The molecule has 3 nitrogen and oxygen atoms in total. The smallest absolute Gasteiger partial charge is 0.407 e. The standard InChI is InChI=1S/C16H23NO2/c1-13(15-10-6-3-7-11-15)17-16(18)19-12-14-8-4-2-5-9-14/h2,4-5,8-9,13,15H,3,6-7,10-12H2,1H3,(H,17,18)/t13-/m0/s1. The van der Waals surface area contributed by atoms with E-state index in [1.165, 1.54) is 32.1 Å². The molecule has 1 N–H and O–H groups in total. The van der Waals surface area contributed by atoms with Gasteiger partial charge in [-0.15, -0.1) is 0 Å².